The molecule has 33 heavy (non-hydrogen) atoms. The van der Waals surface area contributed by atoms with Gasteiger partial charge in [-0.05, 0) is 85.3 Å². The maximum atomic E-state index is 13.6. The number of anilines is 1. The second-order valence-electron chi connectivity index (χ2n) is 9.02. The SMILES string of the molecule is COc1ccc(C2N(c3ccc(F)cc3)C(=O)C23CCC(O)(c2ccc(Cl)cc2)CC3)cc1. The van der Waals surface area contributed by atoms with E-state index in [1.54, 1.807) is 36.3 Å². The Hall–Kier alpha value is -2.89. The van der Waals surface area contributed by atoms with Gasteiger partial charge in [0.2, 0.25) is 5.91 Å². The number of β-lactam (4-membered cyclic amide) rings is 1. The number of amides is 1. The quantitative estimate of drug-likeness (QED) is 0.479. The highest BCUT2D eigenvalue weighted by molar-refractivity contribution is 6.30. The Kier molecular flexibility index (Phi) is 5.42. The monoisotopic (exact) mass is 465 g/mol. The minimum absolute atomic E-state index is 0.0214. The molecule has 1 unspecified atom stereocenters. The molecule has 3 aromatic carbocycles. The highest BCUT2D eigenvalue weighted by atomic mass is 35.5. The first-order chi connectivity index (χ1) is 15.9. The molecule has 1 atom stereocenters. The molecule has 0 radical (unpaired) electrons. The molecule has 3 aromatic rings. The number of ether oxygens (including phenoxy) is 1. The van der Waals surface area contributed by atoms with Crippen molar-refractivity contribution >= 4 is 23.2 Å². The summed E-state index contributed by atoms with van der Waals surface area (Å²) in [5.74, 6) is 0.425. The number of aliphatic hydroxyl groups is 1. The Morgan fingerprint density at radius 2 is 1.55 bits per heavy atom. The predicted octanol–water partition coefficient (Wildman–Crippen LogP) is 6.02. The molecule has 170 valence electrons. The van der Waals surface area contributed by atoms with E-state index in [9.17, 15) is 14.3 Å². The van der Waals surface area contributed by atoms with E-state index in [4.69, 9.17) is 16.3 Å². The summed E-state index contributed by atoms with van der Waals surface area (Å²) < 4.78 is 18.8. The van der Waals surface area contributed by atoms with E-state index in [0.29, 0.717) is 36.4 Å². The van der Waals surface area contributed by atoms with Gasteiger partial charge in [0, 0.05) is 10.7 Å². The Morgan fingerprint density at radius 3 is 2.12 bits per heavy atom. The van der Waals surface area contributed by atoms with Crippen molar-refractivity contribution in [2.75, 3.05) is 12.0 Å². The van der Waals surface area contributed by atoms with Crippen LogP contribution < -0.4 is 9.64 Å². The van der Waals surface area contributed by atoms with Crippen molar-refractivity contribution in [3.8, 4) is 5.75 Å². The third-order valence-corrected chi connectivity index (χ3v) is 7.57. The minimum atomic E-state index is -0.989. The van der Waals surface area contributed by atoms with E-state index >= 15 is 0 Å². The molecule has 1 aliphatic carbocycles. The van der Waals surface area contributed by atoms with E-state index < -0.39 is 11.0 Å². The second kappa shape index (κ2) is 8.15. The highest BCUT2D eigenvalue weighted by Crippen LogP contribution is 2.61. The number of methoxy groups -OCH3 is 1. The second-order valence-corrected chi connectivity index (χ2v) is 9.46. The zero-order valence-corrected chi connectivity index (χ0v) is 19.1. The molecule has 0 aromatic heterocycles. The van der Waals surface area contributed by atoms with Crippen LogP contribution in [-0.2, 0) is 10.4 Å². The van der Waals surface area contributed by atoms with Crippen LogP contribution in [-0.4, -0.2) is 18.1 Å². The Labute approximate surface area is 197 Å². The summed E-state index contributed by atoms with van der Waals surface area (Å²) in [6.45, 7) is 0. The van der Waals surface area contributed by atoms with Crippen LogP contribution in [0.1, 0.15) is 42.9 Å². The number of rotatable bonds is 4. The summed E-state index contributed by atoms with van der Waals surface area (Å²) in [6, 6.07) is 20.9. The Balaban J connectivity index is 1.48. The number of benzene rings is 3. The lowest BCUT2D eigenvalue weighted by molar-refractivity contribution is -0.149. The van der Waals surface area contributed by atoms with Crippen molar-refractivity contribution in [2.24, 2.45) is 5.41 Å². The number of carbonyl (C=O) groups is 1. The summed E-state index contributed by atoms with van der Waals surface area (Å²) in [5, 5.41) is 12.0. The lowest BCUT2D eigenvalue weighted by Crippen LogP contribution is -2.65. The molecule has 6 heteroatoms. The minimum Gasteiger partial charge on any atom is -0.497 e. The van der Waals surface area contributed by atoms with Crippen LogP contribution in [0.25, 0.3) is 0 Å². The summed E-state index contributed by atoms with van der Waals surface area (Å²) >= 11 is 6.02. The van der Waals surface area contributed by atoms with Gasteiger partial charge in [0.1, 0.15) is 11.6 Å². The summed E-state index contributed by atoms with van der Waals surface area (Å²) in [6.07, 6.45) is 2.06. The van der Waals surface area contributed by atoms with E-state index in [1.807, 2.05) is 36.4 Å². The third-order valence-electron chi connectivity index (χ3n) is 7.31. The van der Waals surface area contributed by atoms with Crippen molar-refractivity contribution in [3.63, 3.8) is 0 Å². The van der Waals surface area contributed by atoms with E-state index in [1.165, 1.54) is 12.1 Å². The van der Waals surface area contributed by atoms with Gasteiger partial charge in [-0.1, -0.05) is 35.9 Å². The fourth-order valence-corrected chi connectivity index (χ4v) is 5.55. The predicted molar refractivity (Wildman–Crippen MR) is 126 cm³/mol. The van der Waals surface area contributed by atoms with Gasteiger partial charge in [-0.3, -0.25) is 4.79 Å². The molecule has 1 heterocycles. The van der Waals surface area contributed by atoms with Crippen molar-refractivity contribution in [1.82, 2.24) is 0 Å². The van der Waals surface area contributed by atoms with Gasteiger partial charge in [-0.2, -0.15) is 0 Å². The Morgan fingerprint density at radius 1 is 0.939 bits per heavy atom. The zero-order valence-electron chi connectivity index (χ0n) is 18.3. The molecule has 4 nitrogen and oxygen atoms in total. The van der Waals surface area contributed by atoms with Gasteiger partial charge >= 0.3 is 0 Å². The molecule has 1 spiro atoms. The Bertz CT molecular complexity index is 1150. The van der Waals surface area contributed by atoms with Crippen LogP contribution in [0.2, 0.25) is 5.02 Å². The van der Waals surface area contributed by atoms with Crippen molar-refractivity contribution in [3.05, 3.63) is 94.8 Å². The summed E-state index contributed by atoms with van der Waals surface area (Å²) in [7, 11) is 1.62. The third kappa shape index (κ3) is 3.60. The molecular weight excluding hydrogens is 441 g/mol. The molecule has 2 fully saturated rings. The number of nitrogens with zero attached hydrogens (tertiary/aromatic N) is 1. The van der Waals surface area contributed by atoms with Crippen molar-refractivity contribution < 1.29 is 19.0 Å². The largest absolute Gasteiger partial charge is 0.497 e. The number of carbonyl (C=O) groups excluding carboxylic acids is 1. The fraction of sp³-hybridized carbons (Fsp3) is 0.296. The van der Waals surface area contributed by atoms with Gasteiger partial charge in [0.25, 0.3) is 0 Å². The average Bonchev–Trinajstić information content (AvgIpc) is 2.84. The van der Waals surface area contributed by atoms with Crippen LogP contribution in [0.4, 0.5) is 10.1 Å². The molecule has 0 bridgehead atoms. The molecule has 1 aliphatic heterocycles. The van der Waals surface area contributed by atoms with Gasteiger partial charge in [-0.15, -0.1) is 0 Å². The van der Waals surface area contributed by atoms with Crippen LogP contribution in [0.15, 0.2) is 72.8 Å². The maximum absolute atomic E-state index is 13.6. The molecule has 1 amide bonds. The van der Waals surface area contributed by atoms with Gasteiger partial charge < -0.3 is 14.7 Å². The molecule has 2 aliphatic rings. The topological polar surface area (TPSA) is 49.8 Å². The van der Waals surface area contributed by atoms with Gasteiger partial charge in [-0.25, -0.2) is 4.39 Å². The normalized spacial score (nSPS) is 26.8. The van der Waals surface area contributed by atoms with E-state index in [0.717, 1.165) is 16.9 Å². The first kappa shape index (κ1) is 21.9. The highest BCUT2D eigenvalue weighted by Gasteiger charge is 2.63. The smallest absolute Gasteiger partial charge is 0.236 e. The molecule has 5 rings (SSSR count). The number of halogens is 2. The van der Waals surface area contributed by atoms with Crippen LogP contribution in [0.5, 0.6) is 5.75 Å². The number of hydrogen-bond acceptors (Lipinski definition) is 3. The molecule has 1 N–H and O–H groups in total. The standard InChI is InChI=1S/C27H25ClFNO3/c1-33-23-12-2-18(3-13-23)24-26(25(31)30(24)22-10-8-21(29)9-11-22)14-16-27(32,17-15-26)19-4-6-20(28)7-5-19/h2-13,24,32H,14-17H2,1H3. The van der Waals surface area contributed by atoms with Crippen molar-refractivity contribution in [2.45, 2.75) is 37.3 Å². The first-order valence-corrected chi connectivity index (χ1v) is 11.5. The lowest BCUT2D eigenvalue weighted by Gasteiger charge is -2.59. The van der Waals surface area contributed by atoms with E-state index in [-0.39, 0.29) is 17.8 Å². The van der Waals surface area contributed by atoms with Gasteiger partial charge in [0.05, 0.1) is 24.2 Å². The van der Waals surface area contributed by atoms with Crippen molar-refractivity contribution in [1.29, 1.82) is 0 Å². The average molecular weight is 466 g/mol. The van der Waals surface area contributed by atoms with Crippen LogP contribution in [0.3, 0.4) is 0 Å². The zero-order chi connectivity index (χ0) is 23.2. The van der Waals surface area contributed by atoms with Crippen LogP contribution in [0, 0.1) is 11.2 Å². The van der Waals surface area contributed by atoms with E-state index in [2.05, 4.69) is 0 Å². The van der Waals surface area contributed by atoms with Gasteiger partial charge in [0.15, 0.2) is 0 Å². The molecule has 1 saturated heterocycles. The maximum Gasteiger partial charge on any atom is 0.236 e. The summed E-state index contributed by atoms with van der Waals surface area (Å²) in [5.41, 5.74) is 0.895. The number of hydrogen-bond donors (Lipinski definition) is 1. The fourth-order valence-electron chi connectivity index (χ4n) is 5.42. The summed E-state index contributed by atoms with van der Waals surface area (Å²) in [4.78, 5) is 15.4. The van der Waals surface area contributed by atoms with Crippen LogP contribution >= 0.6 is 11.6 Å². The molecular formula is C27H25ClFNO3. The lowest BCUT2D eigenvalue weighted by atomic mass is 9.56. The molecule has 1 saturated carbocycles. The first-order valence-electron chi connectivity index (χ1n) is 11.1.